The Hall–Kier alpha value is -1.59. The number of amides is 1. The van der Waals surface area contributed by atoms with Gasteiger partial charge in [-0.1, -0.05) is 25.1 Å². The van der Waals surface area contributed by atoms with Crippen molar-refractivity contribution in [2.24, 2.45) is 0 Å². The van der Waals surface area contributed by atoms with Crippen molar-refractivity contribution in [3.63, 3.8) is 0 Å². The first-order valence-corrected chi connectivity index (χ1v) is 9.43. The van der Waals surface area contributed by atoms with Crippen LogP contribution in [0.2, 0.25) is 0 Å². The summed E-state index contributed by atoms with van der Waals surface area (Å²) in [7, 11) is 1.67. The number of carbonyl (C=O) groups excluding carboxylic acids is 1. The van der Waals surface area contributed by atoms with Crippen molar-refractivity contribution in [2.45, 2.75) is 50.7 Å². The van der Waals surface area contributed by atoms with Crippen molar-refractivity contribution >= 4 is 5.91 Å². The summed E-state index contributed by atoms with van der Waals surface area (Å²) in [5.74, 6) is 1.20. The number of aliphatic hydroxyl groups is 1. The first-order chi connectivity index (χ1) is 12.1. The van der Waals surface area contributed by atoms with Crippen LogP contribution in [0.3, 0.4) is 0 Å². The summed E-state index contributed by atoms with van der Waals surface area (Å²) in [5.41, 5.74) is 1.09. The van der Waals surface area contributed by atoms with Crippen LogP contribution in [0.15, 0.2) is 24.3 Å². The van der Waals surface area contributed by atoms with Crippen LogP contribution in [0.1, 0.15) is 44.1 Å². The van der Waals surface area contributed by atoms with Gasteiger partial charge >= 0.3 is 0 Å². The third-order valence-electron chi connectivity index (χ3n) is 5.73. The van der Waals surface area contributed by atoms with Crippen molar-refractivity contribution in [1.82, 2.24) is 9.80 Å². The SMILES string of the molecule is COc1ccccc1[C@H](C)CC(=O)N1CCN([C@@H]2CCC[C@@H]2O)CC1. The number of methoxy groups -OCH3 is 1. The minimum Gasteiger partial charge on any atom is -0.496 e. The average molecular weight is 346 g/mol. The smallest absolute Gasteiger partial charge is 0.223 e. The summed E-state index contributed by atoms with van der Waals surface area (Å²) < 4.78 is 5.42. The van der Waals surface area contributed by atoms with E-state index in [1.807, 2.05) is 29.2 Å². The van der Waals surface area contributed by atoms with E-state index in [4.69, 9.17) is 4.74 Å². The van der Waals surface area contributed by atoms with E-state index in [1.54, 1.807) is 7.11 Å². The predicted octanol–water partition coefficient (Wildman–Crippen LogP) is 2.25. The van der Waals surface area contributed by atoms with E-state index in [0.29, 0.717) is 12.5 Å². The molecule has 1 N–H and O–H groups in total. The van der Waals surface area contributed by atoms with Gasteiger partial charge in [0.25, 0.3) is 0 Å². The minimum atomic E-state index is -0.187. The van der Waals surface area contributed by atoms with Crippen LogP contribution in [0.25, 0.3) is 0 Å². The fourth-order valence-corrected chi connectivity index (χ4v) is 4.22. The number of rotatable bonds is 5. The number of benzene rings is 1. The lowest BCUT2D eigenvalue weighted by Crippen LogP contribution is -2.53. The number of aliphatic hydroxyl groups excluding tert-OH is 1. The topological polar surface area (TPSA) is 53.0 Å². The molecule has 1 saturated carbocycles. The number of piperazine rings is 1. The lowest BCUT2D eigenvalue weighted by molar-refractivity contribution is -0.133. The number of carbonyl (C=O) groups is 1. The van der Waals surface area contributed by atoms with Gasteiger partial charge in [0.15, 0.2) is 0 Å². The fraction of sp³-hybridized carbons (Fsp3) is 0.650. The molecule has 5 heteroatoms. The lowest BCUT2D eigenvalue weighted by Gasteiger charge is -2.39. The van der Waals surface area contributed by atoms with Crippen molar-refractivity contribution in [3.05, 3.63) is 29.8 Å². The molecule has 5 nitrogen and oxygen atoms in total. The van der Waals surface area contributed by atoms with E-state index in [0.717, 1.165) is 56.8 Å². The average Bonchev–Trinajstić information content (AvgIpc) is 3.07. The first-order valence-electron chi connectivity index (χ1n) is 9.43. The molecule has 138 valence electrons. The number of para-hydroxylation sites is 1. The summed E-state index contributed by atoms with van der Waals surface area (Å²) in [6.07, 6.45) is 3.43. The fourth-order valence-electron chi connectivity index (χ4n) is 4.22. The molecular formula is C20H30N2O3. The van der Waals surface area contributed by atoms with E-state index in [-0.39, 0.29) is 17.9 Å². The zero-order chi connectivity index (χ0) is 17.8. The molecule has 0 aromatic heterocycles. The highest BCUT2D eigenvalue weighted by atomic mass is 16.5. The number of hydrogen-bond acceptors (Lipinski definition) is 4. The van der Waals surface area contributed by atoms with Crippen molar-refractivity contribution in [2.75, 3.05) is 33.3 Å². The number of ether oxygens (including phenoxy) is 1. The molecule has 1 aromatic carbocycles. The highest BCUT2D eigenvalue weighted by Crippen LogP contribution is 2.29. The lowest BCUT2D eigenvalue weighted by atomic mass is 9.96. The van der Waals surface area contributed by atoms with Crippen LogP contribution in [-0.4, -0.2) is 66.2 Å². The molecule has 2 fully saturated rings. The van der Waals surface area contributed by atoms with Crippen LogP contribution < -0.4 is 4.74 Å². The maximum absolute atomic E-state index is 12.7. The Morgan fingerprint density at radius 2 is 1.96 bits per heavy atom. The maximum Gasteiger partial charge on any atom is 0.223 e. The van der Waals surface area contributed by atoms with Gasteiger partial charge in [0, 0.05) is 38.6 Å². The molecule has 0 spiro atoms. The zero-order valence-corrected chi connectivity index (χ0v) is 15.4. The Morgan fingerprint density at radius 1 is 1.24 bits per heavy atom. The Balaban J connectivity index is 1.52. The van der Waals surface area contributed by atoms with Gasteiger partial charge in [-0.3, -0.25) is 9.69 Å². The molecular weight excluding hydrogens is 316 g/mol. The van der Waals surface area contributed by atoms with Gasteiger partial charge in [-0.05, 0) is 36.8 Å². The Bertz CT molecular complexity index is 584. The van der Waals surface area contributed by atoms with Crippen LogP contribution in [0.4, 0.5) is 0 Å². The quantitative estimate of drug-likeness (QED) is 0.888. The second kappa shape index (κ2) is 8.19. The van der Waals surface area contributed by atoms with E-state index in [1.165, 1.54) is 0 Å². The molecule has 3 rings (SSSR count). The minimum absolute atomic E-state index is 0.137. The molecule has 1 aliphatic carbocycles. The number of hydrogen-bond donors (Lipinski definition) is 1. The van der Waals surface area contributed by atoms with Gasteiger partial charge in [-0.2, -0.15) is 0 Å². The van der Waals surface area contributed by atoms with Gasteiger partial charge in [-0.25, -0.2) is 0 Å². The molecule has 3 atom stereocenters. The highest BCUT2D eigenvalue weighted by molar-refractivity contribution is 5.77. The normalized spacial score (nSPS) is 25.8. The molecule has 0 unspecified atom stereocenters. The molecule has 1 aromatic rings. The van der Waals surface area contributed by atoms with Crippen molar-refractivity contribution in [1.29, 1.82) is 0 Å². The number of nitrogens with zero attached hydrogens (tertiary/aromatic N) is 2. The Kier molecular flexibility index (Phi) is 5.97. The summed E-state index contributed by atoms with van der Waals surface area (Å²) in [6, 6.07) is 8.22. The molecule has 1 aliphatic heterocycles. The molecule has 2 aliphatic rings. The van der Waals surface area contributed by atoms with Gasteiger partial charge in [0.1, 0.15) is 5.75 Å². The predicted molar refractivity (Wildman–Crippen MR) is 97.8 cm³/mol. The van der Waals surface area contributed by atoms with E-state index in [2.05, 4.69) is 11.8 Å². The second-order valence-electron chi connectivity index (χ2n) is 7.33. The Labute approximate surface area is 150 Å². The van der Waals surface area contributed by atoms with Crippen LogP contribution >= 0.6 is 0 Å². The summed E-state index contributed by atoms with van der Waals surface area (Å²) in [5, 5.41) is 10.1. The van der Waals surface area contributed by atoms with E-state index in [9.17, 15) is 9.90 Å². The summed E-state index contributed by atoms with van der Waals surface area (Å²) in [4.78, 5) is 17.0. The zero-order valence-electron chi connectivity index (χ0n) is 15.4. The summed E-state index contributed by atoms with van der Waals surface area (Å²) in [6.45, 7) is 5.36. The van der Waals surface area contributed by atoms with Gasteiger partial charge < -0.3 is 14.7 Å². The third kappa shape index (κ3) is 4.15. The van der Waals surface area contributed by atoms with Crippen LogP contribution in [0, 0.1) is 0 Å². The molecule has 0 bridgehead atoms. The van der Waals surface area contributed by atoms with Crippen molar-refractivity contribution < 1.29 is 14.6 Å². The second-order valence-corrected chi connectivity index (χ2v) is 7.33. The molecule has 1 amide bonds. The molecule has 1 saturated heterocycles. The van der Waals surface area contributed by atoms with E-state index < -0.39 is 0 Å². The largest absolute Gasteiger partial charge is 0.496 e. The maximum atomic E-state index is 12.7. The van der Waals surface area contributed by atoms with Gasteiger partial charge in [0.05, 0.1) is 13.2 Å². The monoisotopic (exact) mass is 346 g/mol. The molecule has 0 radical (unpaired) electrons. The van der Waals surface area contributed by atoms with Crippen molar-refractivity contribution in [3.8, 4) is 5.75 Å². The standard InChI is InChI=1S/C20H30N2O3/c1-15(16-6-3-4-9-19(16)25-2)14-20(24)22-12-10-21(11-13-22)17-7-5-8-18(17)23/h3-4,6,9,15,17-18,23H,5,7-8,10-14H2,1-2H3/t15-,17-,18+/m1/s1. The highest BCUT2D eigenvalue weighted by Gasteiger charge is 2.33. The first kappa shape index (κ1) is 18.2. The van der Waals surface area contributed by atoms with Gasteiger partial charge in [-0.15, -0.1) is 0 Å². The Morgan fingerprint density at radius 3 is 2.60 bits per heavy atom. The summed E-state index contributed by atoms with van der Waals surface area (Å²) >= 11 is 0. The molecule has 25 heavy (non-hydrogen) atoms. The van der Waals surface area contributed by atoms with Gasteiger partial charge in [0.2, 0.25) is 5.91 Å². The van der Waals surface area contributed by atoms with Crippen LogP contribution in [-0.2, 0) is 4.79 Å². The van der Waals surface area contributed by atoms with Crippen LogP contribution in [0.5, 0.6) is 5.75 Å². The van der Waals surface area contributed by atoms with E-state index >= 15 is 0 Å². The third-order valence-corrected chi connectivity index (χ3v) is 5.73. The molecule has 1 heterocycles.